The van der Waals surface area contributed by atoms with E-state index < -0.39 is 9.28 Å². The molecule has 1 unspecified atom stereocenters. The van der Waals surface area contributed by atoms with Crippen LogP contribution in [0.25, 0.3) is 0 Å². The molecule has 0 aromatic carbocycles. The molecule has 16 heavy (non-hydrogen) atoms. The average molecular weight is 244 g/mol. The van der Waals surface area contributed by atoms with Gasteiger partial charge in [0.25, 0.3) is 0 Å². The van der Waals surface area contributed by atoms with Crippen LogP contribution in [0.3, 0.4) is 0 Å². The first-order chi connectivity index (χ1) is 7.79. The first-order valence-electron chi connectivity index (χ1n) is 6.93. The van der Waals surface area contributed by atoms with Gasteiger partial charge in [-0.1, -0.05) is 39.0 Å². The lowest BCUT2D eigenvalue weighted by molar-refractivity contribution is 0.180. The fourth-order valence-electron chi connectivity index (χ4n) is 3.03. The largest absolute Gasteiger partial charge is 0.400 e. The Labute approximate surface area is 103 Å². The van der Waals surface area contributed by atoms with Crippen LogP contribution < -0.4 is 0 Å². The van der Waals surface area contributed by atoms with E-state index in [2.05, 4.69) is 13.8 Å². The molecule has 0 saturated heterocycles. The minimum Gasteiger partial charge on any atom is -0.400 e. The zero-order chi connectivity index (χ0) is 11.9. The Balaban J connectivity index is 2.65. The second kappa shape index (κ2) is 7.46. The quantitative estimate of drug-likeness (QED) is 0.634. The lowest BCUT2D eigenvalue weighted by Gasteiger charge is -2.41. The summed E-state index contributed by atoms with van der Waals surface area (Å²) < 4.78 is 11.7. The van der Waals surface area contributed by atoms with Crippen molar-refractivity contribution in [2.75, 3.05) is 13.7 Å². The van der Waals surface area contributed by atoms with Crippen molar-refractivity contribution in [2.24, 2.45) is 0 Å². The van der Waals surface area contributed by atoms with Crippen LogP contribution in [0.5, 0.6) is 0 Å². The van der Waals surface area contributed by atoms with Gasteiger partial charge in [-0.3, -0.25) is 0 Å². The number of unbranched alkanes of at least 4 members (excludes halogenated alkanes) is 1. The second-order valence-corrected chi connectivity index (χ2v) is 7.74. The third kappa shape index (κ3) is 3.57. The van der Waals surface area contributed by atoms with E-state index >= 15 is 0 Å². The Bertz CT molecular complexity index is 179. The second-order valence-electron chi connectivity index (χ2n) is 5.05. The molecule has 0 N–H and O–H groups in total. The third-order valence-electron chi connectivity index (χ3n) is 3.91. The molecule has 0 aromatic rings. The molecule has 0 radical (unpaired) electrons. The molecule has 0 heterocycles. The Morgan fingerprint density at radius 3 is 2.31 bits per heavy atom. The fourth-order valence-corrected chi connectivity index (χ4v) is 5.65. The summed E-state index contributed by atoms with van der Waals surface area (Å²) in [6.45, 7) is 5.19. The van der Waals surface area contributed by atoms with Gasteiger partial charge in [-0.25, -0.2) is 0 Å². The van der Waals surface area contributed by atoms with Gasteiger partial charge in [0.05, 0.1) is 0 Å². The highest BCUT2D eigenvalue weighted by Crippen LogP contribution is 2.49. The Morgan fingerprint density at radius 1 is 1.12 bits per heavy atom. The molecule has 1 saturated carbocycles. The molecular weight excluding hydrogens is 216 g/mol. The van der Waals surface area contributed by atoms with Crippen molar-refractivity contribution < 1.29 is 8.85 Å². The molecular formula is C13H28O2Si. The van der Waals surface area contributed by atoms with Gasteiger partial charge < -0.3 is 8.85 Å². The number of rotatable bonds is 7. The molecule has 96 valence electrons. The van der Waals surface area contributed by atoms with Crippen LogP contribution in [0.1, 0.15) is 65.2 Å². The van der Waals surface area contributed by atoms with Crippen molar-refractivity contribution in [2.45, 2.75) is 70.3 Å². The number of hydrogen-bond donors (Lipinski definition) is 0. The van der Waals surface area contributed by atoms with Crippen LogP contribution >= 0.6 is 0 Å². The van der Waals surface area contributed by atoms with E-state index in [4.69, 9.17) is 8.85 Å². The van der Waals surface area contributed by atoms with Crippen molar-refractivity contribution in [3.8, 4) is 0 Å². The summed E-state index contributed by atoms with van der Waals surface area (Å²) in [6.07, 6.45) is 10.8. The normalized spacial score (nSPS) is 21.9. The Kier molecular flexibility index (Phi) is 6.62. The zero-order valence-electron chi connectivity index (χ0n) is 11.3. The lowest BCUT2D eigenvalue weighted by atomic mass is 9.84. The fraction of sp³-hybridized carbons (Fsp3) is 1.00. The van der Waals surface area contributed by atoms with Crippen molar-refractivity contribution in [3.63, 3.8) is 0 Å². The summed E-state index contributed by atoms with van der Waals surface area (Å²) in [6, 6.07) is 0. The Hall–Kier alpha value is 0.137. The van der Waals surface area contributed by atoms with Crippen LogP contribution in [0.15, 0.2) is 0 Å². The van der Waals surface area contributed by atoms with E-state index in [-0.39, 0.29) is 0 Å². The van der Waals surface area contributed by atoms with Crippen molar-refractivity contribution >= 4 is 9.28 Å². The summed E-state index contributed by atoms with van der Waals surface area (Å²) in [5.41, 5.74) is 0. The predicted molar refractivity (Wildman–Crippen MR) is 71.1 cm³/mol. The zero-order valence-corrected chi connectivity index (χ0v) is 12.4. The van der Waals surface area contributed by atoms with Gasteiger partial charge in [0.15, 0.2) is 0 Å². The smallest absolute Gasteiger partial charge is 0.327 e. The first-order valence-corrected chi connectivity index (χ1v) is 8.45. The van der Waals surface area contributed by atoms with Gasteiger partial charge in [-0.05, 0) is 26.2 Å². The Morgan fingerprint density at radius 2 is 1.81 bits per heavy atom. The summed E-state index contributed by atoms with van der Waals surface area (Å²) in [5, 5.41) is 0.443. The van der Waals surface area contributed by atoms with Crippen molar-refractivity contribution in [3.05, 3.63) is 0 Å². The van der Waals surface area contributed by atoms with Gasteiger partial charge >= 0.3 is 9.28 Å². The molecule has 0 amide bonds. The van der Waals surface area contributed by atoms with Crippen LogP contribution in [0, 0.1) is 0 Å². The molecule has 0 bridgehead atoms. The van der Waals surface area contributed by atoms with E-state index in [0.29, 0.717) is 5.04 Å². The summed E-state index contributed by atoms with van der Waals surface area (Å²) in [5.74, 6) is 0. The maximum atomic E-state index is 5.95. The highest BCUT2D eigenvalue weighted by molar-refractivity contribution is 6.48. The minimum atomic E-state index is -1.46. The van der Waals surface area contributed by atoms with Gasteiger partial charge in [0, 0.05) is 18.8 Å². The van der Waals surface area contributed by atoms with Crippen LogP contribution in [-0.4, -0.2) is 23.0 Å². The standard InChI is InChI=1S/C13H28O2Si/c1-4-6-10-13(11-8-7-9-12-13)16(14-3)15-5-2/h16H,4-12H2,1-3H3. The molecule has 1 atom stereocenters. The summed E-state index contributed by atoms with van der Waals surface area (Å²) >= 11 is 0. The molecule has 0 aliphatic heterocycles. The summed E-state index contributed by atoms with van der Waals surface area (Å²) in [4.78, 5) is 0. The molecule has 0 aromatic heterocycles. The van der Waals surface area contributed by atoms with Crippen molar-refractivity contribution in [1.29, 1.82) is 0 Å². The SMILES string of the molecule is CCCCC1([SiH](OC)OCC)CCCCC1. The van der Waals surface area contributed by atoms with Crippen LogP contribution in [0.4, 0.5) is 0 Å². The van der Waals surface area contributed by atoms with E-state index in [1.807, 2.05) is 7.11 Å². The van der Waals surface area contributed by atoms with E-state index in [1.54, 1.807) is 0 Å². The maximum absolute atomic E-state index is 5.95. The first kappa shape index (κ1) is 14.2. The van der Waals surface area contributed by atoms with Gasteiger partial charge in [0.2, 0.25) is 0 Å². The maximum Gasteiger partial charge on any atom is 0.327 e. The number of hydrogen-bond acceptors (Lipinski definition) is 2. The topological polar surface area (TPSA) is 18.5 Å². The molecule has 2 nitrogen and oxygen atoms in total. The molecule has 1 aliphatic rings. The van der Waals surface area contributed by atoms with Crippen LogP contribution in [-0.2, 0) is 8.85 Å². The molecule has 1 rings (SSSR count). The van der Waals surface area contributed by atoms with E-state index in [1.165, 1.54) is 51.4 Å². The highest BCUT2D eigenvalue weighted by atomic mass is 28.3. The molecule has 3 heteroatoms. The average Bonchev–Trinajstić information content (AvgIpc) is 2.34. The van der Waals surface area contributed by atoms with E-state index in [9.17, 15) is 0 Å². The minimum absolute atomic E-state index is 0.443. The highest BCUT2D eigenvalue weighted by Gasteiger charge is 2.42. The monoisotopic (exact) mass is 244 g/mol. The van der Waals surface area contributed by atoms with Gasteiger partial charge in [0.1, 0.15) is 0 Å². The van der Waals surface area contributed by atoms with Crippen molar-refractivity contribution in [1.82, 2.24) is 0 Å². The molecule has 1 aliphatic carbocycles. The van der Waals surface area contributed by atoms with Crippen LogP contribution in [0.2, 0.25) is 5.04 Å². The molecule has 0 spiro atoms. The van der Waals surface area contributed by atoms with Gasteiger partial charge in [-0.15, -0.1) is 0 Å². The third-order valence-corrected chi connectivity index (χ3v) is 6.84. The van der Waals surface area contributed by atoms with E-state index in [0.717, 1.165) is 6.61 Å². The molecule has 1 fully saturated rings. The summed E-state index contributed by atoms with van der Waals surface area (Å²) in [7, 11) is 0.394. The predicted octanol–water partition coefficient (Wildman–Crippen LogP) is 3.78. The lowest BCUT2D eigenvalue weighted by Crippen LogP contribution is -2.39. The van der Waals surface area contributed by atoms with Gasteiger partial charge in [-0.2, -0.15) is 0 Å².